The molecule has 0 bridgehead atoms. The summed E-state index contributed by atoms with van der Waals surface area (Å²) < 4.78 is 25.4. The first-order valence-electron chi connectivity index (χ1n) is 10.0. The third kappa shape index (κ3) is 7.37. The highest BCUT2D eigenvalue weighted by Crippen LogP contribution is 2.17. The van der Waals surface area contributed by atoms with Crippen LogP contribution in [0.1, 0.15) is 36.1 Å². The Labute approximate surface area is 174 Å². The van der Waals surface area contributed by atoms with E-state index in [0.29, 0.717) is 12.8 Å². The molecule has 0 aliphatic carbocycles. The summed E-state index contributed by atoms with van der Waals surface area (Å²) in [6.07, 6.45) is 2.59. The summed E-state index contributed by atoms with van der Waals surface area (Å²) in [6, 6.07) is 20.1. The van der Waals surface area contributed by atoms with Crippen LogP contribution in [0.4, 0.5) is 0 Å². The first-order chi connectivity index (χ1) is 13.9. The second kappa shape index (κ2) is 10.8. The van der Waals surface area contributed by atoms with Gasteiger partial charge < -0.3 is 0 Å². The van der Waals surface area contributed by atoms with E-state index in [1.807, 2.05) is 48.5 Å². The fraction of sp³-hybridized carbons (Fsp3) is 0.417. The highest BCUT2D eigenvalue weighted by atomic mass is 32.2. The molecule has 0 radical (unpaired) electrons. The molecular weight excluding hydrogens is 380 g/mol. The third-order valence-electron chi connectivity index (χ3n) is 5.04. The van der Waals surface area contributed by atoms with E-state index in [9.17, 15) is 18.9 Å². The van der Waals surface area contributed by atoms with E-state index in [0.717, 1.165) is 24.0 Å². The Bertz CT molecular complexity index is 925. The molecule has 0 spiro atoms. The second-order valence-electron chi connectivity index (χ2n) is 7.48. The van der Waals surface area contributed by atoms with Crippen LogP contribution in [0.15, 0.2) is 48.5 Å². The number of hydrogen-bond donors (Lipinski definition) is 0. The van der Waals surface area contributed by atoms with Crippen molar-refractivity contribution in [2.75, 3.05) is 11.5 Å². The predicted octanol–water partition coefficient (Wildman–Crippen LogP) is 4.29. The maximum absolute atomic E-state index is 12.7. The Hall–Kier alpha value is -2.63. The number of nitriles is 2. The van der Waals surface area contributed by atoms with Crippen molar-refractivity contribution in [2.45, 2.75) is 39.5 Å². The summed E-state index contributed by atoms with van der Waals surface area (Å²) in [5.41, 5.74) is 4.28. The van der Waals surface area contributed by atoms with Gasteiger partial charge in [0.05, 0.1) is 35.5 Å². The van der Waals surface area contributed by atoms with Gasteiger partial charge in [-0.2, -0.15) is 10.5 Å². The number of rotatable bonds is 10. The van der Waals surface area contributed by atoms with Crippen LogP contribution in [-0.2, 0) is 35.5 Å². The lowest BCUT2D eigenvalue weighted by molar-refractivity contribution is 0.573. The lowest BCUT2D eigenvalue weighted by atomic mass is 10.00. The van der Waals surface area contributed by atoms with E-state index >= 15 is 0 Å². The quantitative estimate of drug-likeness (QED) is 0.587. The molecule has 5 heteroatoms. The minimum atomic E-state index is -3.52. The van der Waals surface area contributed by atoms with E-state index in [2.05, 4.69) is 26.0 Å². The predicted molar refractivity (Wildman–Crippen MR) is 116 cm³/mol. The van der Waals surface area contributed by atoms with Crippen molar-refractivity contribution >= 4 is 9.84 Å². The van der Waals surface area contributed by atoms with Crippen LogP contribution in [0.2, 0.25) is 0 Å². The molecule has 2 atom stereocenters. The Kier molecular flexibility index (Phi) is 8.43. The van der Waals surface area contributed by atoms with E-state index < -0.39 is 21.7 Å². The van der Waals surface area contributed by atoms with Gasteiger partial charge in [-0.15, -0.1) is 0 Å². The van der Waals surface area contributed by atoms with Crippen molar-refractivity contribution < 1.29 is 8.42 Å². The van der Waals surface area contributed by atoms with Gasteiger partial charge in [0, 0.05) is 0 Å². The van der Waals surface area contributed by atoms with Gasteiger partial charge in [0.15, 0.2) is 9.84 Å². The van der Waals surface area contributed by atoms with Crippen molar-refractivity contribution in [3.63, 3.8) is 0 Å². The summed E-state index contributed by atoms with van der Waals surface area (Å²) >= 11 is 0. The van der Waals surface area contributed by atoms with Crippen LogP contribution in [0.5, 0.6) is 0 Å². The van der Waals surface area contributed by atoms with Crippen LogP contribution >= 0.6 is 0 Å². The molecule has 2 aromatic carbocycles. The standard InChI is InChI=1S/C24H28N2O2S/c1-3-19-7-5-9-21(11-19)13-23(15-25)17-29(27,28)18-24(16-26)14-22-10-6-8-20(4-2)12-22/h5-12,23-24H,3-4,13-14,17-18H2,1-2H3. The molecular formula is C24H28N2O2S. The first kappa shape index (κ1) is 22.7. The SMILES string of the molecule is CCc1cccc(CC(C#N)CS(=O)(=O)CC(C#N)Cc2cccc(CC)c2)c1. The molecule has 0 amide bonds. The van der Waals surface area contributed by atoms with Gasteiger partial charge in [-0.25, -0.2) is 8.42 Å². The highest BCUT2D eigenvalue weighted by Gasteiger charge is 2.24. The van der Waals surface area contributed by atoms with Gasteiger partial charge in [0.1, 0.15) is 0 Å². The molecule has 0 aromatic heterocycles. The fourth-order valence-electron chi connectivity index (χ4n) is 3.49. The lowest BCUT2D eigenvalue weighted by Crippen LogP contribution is -2.24. The monoisotopic (exact) mass is 408 g/mol. The van der Waals surface area contributed by atoms with Crippen LogP contribution in [-0.4, -0.2) is 19.9 Å². The zero-order valence-corrected chi connectivity index (χ0v) is 18.0. The van der Waals surface area contributed by atoms with Gasteiger partial charge in [0.25, 0.3) is 0 Å². The first-order valence-corrected chi connectivity index (χ1v) is 11.9. The van der Waals surface area contributed by atoms with Crippen LogP contribution in [0, 0.1) is 34.5 Å². The largest absolute Gasteiger partial charge is 0.229 e. The van der Waals surface area contributed by atoms with Crippen molar-refractivity contribution in [3.8, 4) is 12.1 Å². The summed E-state index contributed by atoms with van der Waals surface area (Å²) in [7, 11) is -3.52. The molecule has 2 unspecified atom stereocenters. The highest BCUT2D eigenvalue weighted by molar-refractivity contribution is 7.91. The maximum Gasteiger partial charge on any atom is 0.152 e. The van der Waals surface area contributed by atoms with Crippen LogP contribution < -0.4 is 0 Å². The van der Waals surface area contributed by atoms with Crippen LogP contribution in [0.3, 0.4) is 0 Å². The topological polar surface area (TPSA) is 81.7 Å². The normalized spacial score (nSPS) is 13.2. The van der Waals surface area contributed by atoms with Crippen molar-refractivity contribution in [3.05, 3.63) is 70.8 Å². The van der Waals surface area contributed by atoms with Gasteiger partial charge in [-0.1, -0.05) is 62.4 Å². The number of sulfone groups is 1. The number of nitrogens with zero attached hydrogens (tertiary/aromatic N) is 2. The molecule has 4 nitrogen and oxygen atoms in total. The van der Waals surface area contributed by atoms with Crippen molar-refractivity contribution in [1.82, 2.24) is 0 Å². The molecule has 0 aliphatic rings. The average molecular weight is 409 g/mol. The maximum atomic E-state index is 12.7. The van der Waals surface area contributed by atoms with Crippen molar-refractivity contribution in [1.29, 1.82) is 10.5 Å². The zero-order chi connectivity index (χ0) is 21.3. The van der Waals surface area contributed by atoms with E-state index in [-0.39, 0.29) is 11.5 Å². The van der Waals surface area contributed by atoms with E-state index in [4.69, 9.17) is 0 Å². The third-order valence-corrected chi connectivity index (χ3v) is 6.86. The summed E-state index contributed by atoms with van der Waals surface area (Å²) in [4.78, 5) is 0. The summed E-state index contributed by atoms with van der Waals surface area (Å²) in [5.74, 6) is -1.66. The molecule has 152 valence electrons. The van der Waals surface area contributed by atoms with Crippen LogP contribution in [0.25, 0.3) is 0 Å². The Morgan fingerprint density at radius 1 is 0.759 bits per heavy atom. The minimum Gasteiger partial charge on any atom is -0.229 e. The second-order valence-corrected chi connectivity index (χ2v) is 9.64. The molecule has 0 fully saturated rings. The molecule has 2 aromatic rings. The molecule has 0 heterocycles. The number of benzene rings is 2. The minimum absolute atomic E-state index is 0.215. The Morgan fingerprint density at radius 3 is 1.48 bits per heavy atom. The van der Waals surface area contributed by atoms with E-state index in [1.165, 1.54) is 11.1 Å². The Balaban J connectivity index is 2.03. The molecule has 2 rings (SSSR count). The molecule has 0 aliphatic heterocycles. The number of hydrogen-bond acceptors (Lipinski definition) is 4. The number of aryl methyl sites for hydroxylation is 2. The molecule has 0 saturated carbocycles. The van der Waals surface area contributed by atoms with Gasteiger partial charge in [-0.3, -0.25) is 0 Å². The smallest absolute Gasteiger partial charge is 0.152 e. The van der Waals surface area contributed by atoms with Crippen molar-refractivity contribution in [2.24, 2.45) is 11.8 Å². The summed E-state index contributed by atoms with van der Waals surface area (Å²) in [6.45, 7) is 4.12. The van der Waals surface area contributed by atoms with Gasteiger partial charge >= 0.3 is 0 Å². The Morgan fingerprint density at radius 2 is 1.14 bits per heavy atom. The molecule has 0 N–H and O–H groups in total. The van der Waals surface area contributed by atoms with Gasteiger partial charge in [0.2, 0.25) is 0 Å². The molecule has 29 heavy (non-hydrogen) atoms. The van der Waals surface area contributed by atoms with Gasteiger partial charge in [-0.05, 0) is 47.9 Å². The van der Waals surface area contributed by atoms with E-state index in [1.54, 1.807) is 0 Å². The zero-order valence-electron chi connectivity index (χ0n) is 17.1. The molecule has 0 saturated heterocycles. The summed E-state index contributed by atoms with van der Waals surface area (Å²) in [5, 5.41) is 19.0. The lowest BCUT2D eigenvalue weighted by Gasteiger charge is -2.14. The fourth-order valence-corrected chi connectivity index (χ4v) is 5.23. The average Bonchev–Trinajstić information content (AvgIpc) is 2.72.